The average molecular weight is 1170 g/mol. The largest absolute Gasteiger partial charge is 0.311 e. The first-order chi connectivity index (χ1) is 44.5. The highest BCUT2D eigenvalue weighted by molar-refractivity contribution is 7.00. The molecule has 4 heterocycles. The Kier molecular flexibility index (Phi) is 12.5. The SMILES string of the molecule is CC(C)(C)c1ccc(-c2cccc3c4ccccc4n(-c4ccc5c(c4)N(c4ccccc4-c4ccccc4)c4cccc6c4B5c4ccc(-n5c7ccccc7c7cccc(-c8ccc(C(C)(C)C)cc8)c75)cc4N6c4ccccc4-c4ccccc4)c23)cc1. The van der Waals surface area contributed by atoms with Crippen LogP contribution in [0.3, 0.4) is 0 Å². The summed E-state index contributed by atoms with van der Waals surface area (Å²) < 4.78 is 5.07. The van der Waals surface area contributed by atoms with Crippen molar-refractivity contribution >= 4 is 101 Å². The molecule has 0 aliphatic carbocycles. The number of rotatable bonds is 8. The van der Waals surface area contributed by atoms with Crippen molar-refractivity contribution < 1.29 is 0 Å². The standard InChI is InChI=1S/C86H67BN4/c1-85(2,3)60-46-42-58(43-47-60)66-32-21-34-70-68-30-15-19-38-76(68)88(83(66)70)62-50-52-72-80(54-62)90(74-36-17-13-28-64(74)56-24-9-7-10-25-56)78-40-23-41-79-82(78)87(72)73-53-51-63(55-81(73)91(79)75-37-18-14-29-65(75)57-26-11-8-12-27-57)89-77-39-20-16-31-69(77)71-35-22-33-67(84(71)89)59-44-48-61(49-45-59)86(4,5)6/h7-55H,1-6H3. The van der Waals surface area contributed by atoms with Crippen molar-refractivity contribution in [2.24, 2.45) is 0 Å². The number of benzene rings is 13. The highest BCUT2D eigenvalue weighted by atomic mass is 15.2. The van der Waals surface area contributed by atoms with Crippen molar-refractivity contribution in [2.75, 3.05) is 9.80 Å². The molecule has 15 aromatic rings. The summed E-state index contributed by atoms with van der Waals surface area (Å²) in [6.07, 6.45) is 0. The van der Waals surface area contributed by atoms with Gasteiger partial charge in [0.15, 0.2) is 0 Å². The molecule has 2 aromatic heterocycles. The van der Waals surface area contributed by atoms with E-state index in [1.54, 1.807) is 0 Å². The van der Waals surface area contributed by atoms with Crippen molar-refractivity contribution in [3.05, 3.63) is 308 Å². The molecule has 0 saturated heterocycles. The fourth-order valence-corrected chi connectivity index (χ4v) is 15.1. The Labute approximate surface area is 533 Å². The van der Waals surface area contributed by atoms with Gasteiger partial charge in [-0.05, 0) is 121 Å². The Morgan fingerprint density at radius 1 is 0.264 bits per heavy atom. The smallest absolute Gasteiger partial charge is 0.252 e. The van der Waals surface area contributed by atoms with E-state index in [9.17, 15) is 0 Å². The Balaban J connectivity index is 0.947. The molecule has 2 aliphatic heterocycles. The predicted molar refractivity (Wildman–Crippen MR) is 388 cm³/mol. The zero-order chi connectivity index (χ0) is 61.3. The molecule has 4 nitrogen and oxygen atoms in total. The third-order valence-electron chi connectivity index (χ3n) is 19.5. The third-order valence-corrected chi connectivity index (χ3v) is 19.5. The molecule has 2 aliphatic rings. The van der Waals surface area contributed by atoms with Crippen molar-refractivity contribution in [1.82, 2.24) is 9.13 Å². The molecule has 0 saturated carbocycles. The minimum Gasteiger partial charge on any atom is -0.311 e. The monoisotopic (exact) mass is 1170 g/mol. The van der Waals surface area contributed by atoms with Gasteiger partial charge in [0.05, 0.1) is 33.4 Å². The lowest BCUT2D eigenvalue weighted by atomic mass is 9.33. The molecule has 0 atom stereocenters. The first-order valence-electron chi connectivity index (χ1n) is 32.0. The first-order valence-corrected chi connectivity index (χ1v) is 32.0. The van der Waals surface area contributed by atoms with Gasteiger partial charge in [0.1, 0.15) is 0 Å². The van der Waals surface area contributed by atoms with E-state index in [0.717, 1.165) is 56.6 Å². The Morgan fingerprint density at radius 2 is 0.604 bits per heavy atom. The molecule has 5 heteroatoms. The minimum atomic E-state index is -0.148. The van der Waals surface area contributed by atoms with Crippen LogP contribution >= 0.6 is 0 Å². The predicted octanol–water partition coefficient (Wildman–Crippen LogP) is 21.2. The number of aromatic nitrogens is 2. The van der Waals surface area contributed by atoms with Gasteiger partial charge in [-0.2, -0.15) is 0 Å². The summed E-state index contributed by atoms with van der Waals surface area (Å²) in [5.41, 5.74) is 29.7. The summed E-state index contributed by atoms with van der Waals surface area (Å²) in [7, 11) is 0. The molecule has 91 heavy (non-hydrogen) atoms. The van der Waals surface area contributed by atoms with E-state index in [1.165, 1.54) is 105 Å². The van der Waals surface area contributed by atoms with Crippen molar-refractivity contribution in [3.8, 4) is 55.9 Å². The van der Waals surface area contributed by atoms with Crippen molar-refractivity contribution in [2.45, 2.75) is 52.4 Å². The maximum absolute atomic E-state index is 2.59. The molecule has 0 radical (unpaired) electrons. The number of hydrogen-bond donors (Lipinski definition) is 0. The second-order valence-electron chi connectivity index (χ2n) is 26.8. The van der Waals surface area contributed by atoms with Crippen LogP contribution in [0.4, 0.5) is 34.1 Å². The molecule has 0 bridgehead atoms. The fourth-order valence-electron chi connectivity index (χ4n) is 15.1. The summed E-state index contributed by atoms with van der Waals surface area (Å²) in [6, 6.07) is 112. The Morgan fingerprint density at radius 3 is 1.03 bits per heavy atom. The second-order valence-corrected chi connectivity index (χ2v) is 26.8. The summed E-state index contributed by atoms with van der Waals surface area (Å²) in [6.45, 7) is 13.6. The molecule has 434 valence electrons. The minimum absolute atomic E-state index is 0.0369. The number of nitrogens with zero attached hydrogens (tertiary/aromatic N) is 4. The second kappa shape index (κ2) is 20.9. The molecule has 0 unspecified atom stereocenters. The zero-order valence-electron chi connectivity index (χ0n) is 52.2. The van der Waals surface area contributed by atoms with Gasteiger partial charge in [-0.25, -0.2) is 0 Å². The van der Waals surface area contributed by atoms with Gasteiger partial charge in [-0.3, -0.25) is 0 Å². The number of anilines is 6. The third kappa shape index (κ3) is 8.66. The van der Waals surface area contributed by atoms with Crippen LogP contribution in [-0.4, -0.2) is 15.8 Å². The van der Waals surface area contributed by atoms with Gasteiger partial charge in [-0.15, -0.1) is 0 Å². The van der Waals surface area contributed by atoms with E-state index in [4.69, 9.17) is 0 Å². The van der Waals surface area contributed by atoms with Crippen LogP contribution in [0, 0.1) is 0 Å². The lowest BCUT2D eigenvalue weighted by Gasteiger charge is -2.45. The topological polar surface area (TPSA) is 16.3 Å². The number of hydrogen-bond acceptors (Lipinski definition) is 2. The van der Waals surface area contributed by atoms with Crippen LogP contribution < -0.4 is 26.2 Å². The molecule has 0 spiro atoms. The van der Waals surface area contributed by atoms with Gasteiger partial charge in [-0.1, -0.05) is 278 Å². The molecule has 17 rings (SSSR count). The molecule has 0 N–H and O–H groups in total. The average Bonchev–Trinajstić information content (AvgIpc) is 1.09. The van der Waals surface area contributed by atoms with E-state index < -0.39 is 0 Å². The highest BCUT2D eigenvalue weighted by Crippen LogP contribution is 2.50. The van der Waals surface area contributed by atoms with E-state index in [1.807, 2.05) is 0 Å². The van der Waals surface area contributed by atoms with Gasteiger partial charge in [0.25, 0.3) is 6.71 Å². The normalized spacial score (nSPS) is 12.9. The van der Waals surface area contributed by atoms with Crippen molar-refractivity contribution in [3.63, 3.8) is 0 Å². The van der Waals surface area contributed by atoms with E-state index in [2.05, 4.69) is 358 Å². The maximum Gasteiger partial charge on any atom is 0.252 e. The Bertz CT molecular complexity index is 5040. The van der Waals surface area contributed by atoms with Crippen LogP contribution in [0.5, 0.6) is 0 Å². The molecule has 13 aromatic carbocycles. The summed E-state index contributed by atoms with van der Waals surface area (Å²) in [4.78, 5) is 5.18. The van der Waals surface area contributed by atoms with Gasteiger partial charge < -0.3 is 18.9 Å². The van der Waals surface area contributed by atoms with Gasteiger partial charge in [0, 0.05) is 77.9 Å². The fraction of sp³-hybridized carbons (Fsp3) is 0.0930. The summed E-state index contributed by atoms with van der Waals surface area (Å²) >= 11 is 0. The van der Waals surface area contributed by atoms with Crippen LogP contribution in [0.15, 0.2) is 297 Å². The summed E-state index contributed by atoms with van der Waals surface area (Å²) in [5.74, 6) is 0. The maximum atomic E-state index is 2.59. The van der Waals surface area contributed by atoms with Crippen LogP contribution in [0.25, 0.3) is 99.5 Å². The van der Waals surface area contributed by atoms with Crippen LogP contribution in [0.1, 0.15) is 52.7 Å². The molecular formula is C86H67BN4. The lowest BCUT2D eigenvalue weighted by molar-refractivity contribution is 0.590. The molecule has 0 amide bonds. The highest BCUT2D eigenvalue weighted by Gasteiger charge is 2.44. The molecule has 0 fully saturated rings. The van der Waals surface area contributed by atoms with E-state index >= 15 is 0 Å². The number of para-hydroxylation sites is 6. The van der Waals surface area contributed by atoms with Gasteiger partial charge in [0.2, 0.25) is 0 Å². The van der Waals surface area contributed by atoms with Gasteiger partial charge >= 0.3 is 0 Å². The quantitative estimate of drug-likeness (QED) is 0.141. The lowest BCUT2D eigenvalue weighted by Crippen LogP contribution is -2.61. The van der Waals surface area contributed by atoms with E-state index in [0.29, 0.717) is 0 Å². The van der Waals surface area contributed by atoms with Crippen LogP contribution in [0.2, 0.25) is 0 Å². The Hall–Kier alpha value is -10.9. The zero-order valence-corrected chi connectivity index (χ0v) is 52.2. The summed E-state index contributed by atoms with van der Waals surface area (Å²) in [5, 5.41) is 4.92. The van der Waals surface area contributed by atoms with E-state index in [-0.39, 0.29) is 17.5 Å². The van der Waals surface area contributed by atoms with Crippen molar-refractivity contribution in [1.29, 1.82) is 0 Å². The van der Waals surface area contributed by atoms with Crippen LogP contribution in [-0.2, 0) is 10.8 Å². The molecular weight excluding hydrogens is 1100 g/mol. The first kappa shape index (κ1) is 54.3. The number of fused-ring (bicyclic) bond motifs is 10.